The van der Waals surface area contributed by atoms with Crippen molar-refractivity contribution in [2.75, 3.05) is 31.1 Å². The van der Waals surface area contributed by atoms with E-state index in [-0.39, 0.29) is 11.7 Å². The normalized spacial score (nSPS) is 14.9. The molecule has 30 heavy (non-hydrogen) atoms. The molecule has 0 saturated carbocycles. The number of nitrogens with zero attached hydrogens (tertiary/aromatic N) is 6. The molecule has 0 radical (unpaired) electrons. The fourth-order valence-electron chi connectivity index (χ4n) is 3.12. The van der Waals surface area contributed by atoms with Crippen molar-refractivity contribution < 1.29 is 9.53 Å². The van der Waals surface area contributed by atoms with Crippen LogP contribution < -0.4 is 10.5 Å². The maximum absolute atomic E-state index is 12.3. The second-order valence-electron chi connectivity index (χ2n) is 7.88. The van der Waals surface area contributed by atoms with Crippen molar-refractivity contribution in [2.45, 2.75) is 26.4 Å². The van der Waals surface area contributed by atoms with E-state index in [9.17, 15) is 9.59 Å². The molecular weight excluding hydrogens is 428 g/mol. The monoisotopic (exact) mass is 448 g/mol. The lowest BCUT2D eigenvalue weighted by molar-refractivity contribution is 0.0240. The van der Waals surface area contributed by atoms with Gasteiger partial charge in [0.1, 0.15) is 21.6 Å². The minimum atomic E-state index is -0.536. The first-order chi connectivity index (χ1) is 14.2. The van der Waals surface area contributed by atoms with Crippen LogP contribution in [0.4, 0.5) is 10.6 Å². The second-order valence-corrected chi connectivity index (χ2v) is 9.22. The maximum Gasteiger partial charge on any atom is 0.410 e. The Hall–Kier alpha value is -2.72. The van der Waals surface area contributed by atoms with Gasteiger partial charge >= 0.3 is 6.09 Å². The summed E-state index contributed by atoms with van der Waals surface area (Å²) in [6, 6.07) is 5.00. The fraction of sp³-hybridized carbons (Fsp3) is 0.421. The van der Waals surface area contributed by atoms with Gasteiger partial charge in [0, 0.05) is 44.0 Å². The lowest BCUT2D eigenvalue weighted by Crippen LogP contribution is -2.50. The smallest absolute Gasteiger partial charge is 0.410 e. The molecule has 1 amide bonds. The van der Waals surface area contributed by atoms with Crippen LogP contribution in [-0.4, -0.2) is 62.4 Å². The number of hydrogen-bond acceptors (Lipinski definition) is 8. The summed E-state index contributed by atoms with van der Waals surface area (Å²) < 4.78 is 7.11. The first-order valence-electron chi connectivity index (χ1n) is 9.45. The first-order valence-corrected chi connectivity index (χ1v) is 10.6. The molecule has 0 atom stereocenters. The third-order valence-electron chi connectivity index (χ3n) is 4.46. The number of carbonyl (C=O) groups excluding carboxylic acids is 1. The van der Waals surface area contributed by atoms with Crippen molar-refractivity contribution in [1.82, 2.24) is 24.5 Å². The van der Waals surface area contributed by atoms with Crippen LogP contribution in [0, 0.1) is 0 Å². The molecule has 4 rings (SSSR count). The number of piperazine rings is 1. The van der Waals surface area contributed by atoms with Gasteiger partial charge < -0.3 is 14.5 Å². The van der Waals surface area contributed by atoms with Crippen LogP contribution in [0.1, 0.15) is 20.8 Å². The quantitative estimate of drug-likeness (QED) is 0.556. The van der Waals surface area contributed by atoms with Crippen molar-refractivity contribution in [3.05, 3.63) is 39.9 Å². The maximum atomic E-state index is 12.3. The first kappa shape index (κ1) is 20.5. The van der Waals surface area contributed by atoms with E-state index in [1.54, 1.807) is 21.7 Å². The average molecular weight is 449 g/mol. The Morgan fingerprint density at radius 1 is 1.20 bits per heavy atom. The second kappa shape index (κ2) is 7.84. The number of aromatic nitrogens is 4. The summed E-state index contributed by atoms with van der Waals surface area (Å²) in [6.07, 6.45) is 1.28. The highest BCUT2D eigenvalue weighted by atomic mass is 35.5. The molecule has 0 N–H and O–H groups in total. The van der Waals surface area contributed by atoms with Crippen LogP contribution in [0.3, 0.4) is 0 Å². The molecule has 11 heteroatoms. The molecule has 3 aromatic heterocycles. The summed E-state index contributed by atoms with van der Waals surface area (Å²) in [5.74, 6) is 0.650. The molecule has 1 aliphatic rings. The molecule has 0 aromatic carbocycles. The van der Waals surface area contributed by atoms with Crippen molar-refractivity contribution in [2.24, 2.45) is 0 Å². The Kier molecular flexibility index (Phi) is 5.37. The standard InChI is InChI=1S/C19H21ClN6O3S/c1-19(2,3)29-18(28)25-8-6-24(7-9-25)15-11-14(27)22-17-26(15)23-16(30-17)12-4-5-21-13(20)10-12/h4-5,10-11H,6-9H2,1-3H3. The van der Waals surface area contributed by atoms with E-state index in [1.165, 1.54) is 17.4 Å². The molecule has 158 valence electrons. The largest absolute Gasteiger partial charge is 0.444 e. The van der Waals surface area contributed by atoms with E-state index in [2.05, 4.69) is 15.1 Å². The van der Waals surface area contributed by atoms with Crippen LogP contribution in [-0.2, 0) is 4.74 Å². The van der Waals surface area contributed by atoms with Gasteiger partial charge in [-0.25, -0.2) is 9.78 Å². The van der Waals surface area contributed by atoms with Crippen LogP contribution >= 0.6 is 22.9 Å². The highest BCUT2D eigenvalue weighted by molar-refractivity contribution is 7.19. The predicted molar refractivity (Wildman–Crippen MR) is 115 cm³/mol. The Bertz CT molecular complexity index is 1150. The number of anilines is 1. The van der Waals surface area contributed by atoms with Gasteiger partial charge in [-0.05, 0) is 32.9 Å². The number of halogens is 1. The summed E-state index contributed by atoms with van der Waals surface area (Å²) in [5.41, 5.74) is -0.0628. The van der Waals surface area contributed by atoms with E-state index in [0.717, 1.165) is 5.56 Å². The Labute approximate surface area is 181 Å². The highest BCUT2D eigenvalue weighted by Crippen LogP contribution is 2.28. The average Bonchev–Trinajstić information content (AvgIpc) is 3.10. The highest BCUT2D eigenvalue weighted by Gasteiger charge is 2.27. The molecule has 9 nitrogen and oxygen atoms in total. The Morgan fingerprint density at radius 3 is 2.60 bits per heavy atom. The minimum absolute atomic E-state index is 0.329. The Balaban J connectivity index is 1.59. The summed E-state index contributed by atoms with van der Waals surface area (Å²) in [6.45, 7) is 7.62. The zero-order valence-corrected chi connectivity index (χ0v) is 18.4. The summed E-state index contributed by atoms with van der Waals surface area (Å²) in [4.78, 5) is 36.8. The van der Waals surface area contributed by atoms with Crippen molar-refractivity contribution in [3.8, 4) is 10.6 Å². The molecular formula is C19H21ClN6O3S. The van der Waals surface area contributed by atoms with Gasteiger partial charge in [-0.15, -0.1) is 0 Å². The minimum Gasteiger partial charge on any atom is -0.444 e. The van der Waals surface area contributed by atoms with Crippen LogP contribution in [0.15, 0.2) is 29.2 Å². The van der Waals surface area contributed by atoms with Crippen LogP contribution in [0.2, 0.25) is 5.15 Å². The molecule has 1 saturated heterocycles. The van der Waals surface area contributed by atoms with Gasteiger partial charge in [0.15, 0.2) is 0 Å². The van der Waals surface area contributed by atoms with Gasteiger partial charge in [-0.2, -0.15) is 14.6 Å². The number of amides is 1. The van der Waals surface area contributed by atoms with E-state index >= 15 is 0 Å². The predicted octanol–water partition coefficient (Wildman–Crippen LogP) is 2.92. The summed E-state index contributed by atoms with van der Waals surface area (Å²) in [7, 11) is 0. The van der Waals surface area contributed by atoms with Gasteiger partial charge in [0.05, 0.1) is 0 Å². The number of ether oxygens (including phenoxy) is 1. The summed E-state index contributed by atoms with van der Waals surface area (Å²) in [5, 5.41) is 5.70. The number of pyridine rings is 1. The third-order valence-corrected chi connectivity index (χ3v) is 5.63. The van der Waals surface area contributed by atoms with Crippen LogP contribution in [0.25, 0.3) is 15.5 Å². The number of hydrogen-bond donors (Lipinski definition) is 0. The van der Waals surface area contributed by atoms with E-state index in [1.807, 2.05) is 31.7 Å². The molecule has 1 aliphatic heterocycles. The molecule has 0 bridgehead atoms. The lowest BCUT2D eigenvalue weighted by atomic mass is 10.2. The molecule has 0 aliphatic carbocycles. The van der Waals surface area contributed by atoms with Crippen molar-refractivity contribution in [1.29, 1.82) is 0 Å². The SMILES string of the molecule is CC(C)(C)OC(=O)N1CCN(c2cc(=O)nc3sc(-c4ccnc(Cl)c4)nn23)CC1. The number of rotatable bonds is 2. The number of fused-ring (bicyclic) bond motifs is 1. The van der Waals surface area contributed by atoms with Gasteiger partial charge in [-0.3, -0.25) is 4.79 Å². The van der Waals surface area contributed by atoms with Crippen molar-refractivity contribution >= 4 is 39.8 Å². The summed E-state index contributed by atoms with van der Waals surface area (Å²) >= 11 is 7.30. The Morgan fingerprint density at radius 2 is 1.93 bits per heavy atom. The molecule has 4 heterocycles. The van der Waals surface area contributed by atoms with Crippen molar-refractivity contribution in [3.63, 3.8) is 0 Å². The van der Waals surface area contributed by atoms with E-state index in [0.29, 0.717) is 47.1 Å². The number of carbonyl (C=O) groups is 1. The molecule has 0 spiro atoms. The van der Waals surface area contributed by atoms with Crippen LogP contribution in [0.5, 0.6) is 0 Å². The third kappa shape index (κ3) is 4.39. The topological polar surface area (TPSA) is 92.9 Å². The fourth-order valence-corrected chi connectivity index (χ4v) is 4.19. The van der Waals surface area contributed by atoms with Gasteiger partial charge in [0.25, 0.3) is 5.56 Å². The molecule has 3 aromatic rings. The molecule has 0 unspecified atom stereocenters. The zero-order valence-electron chi connectivity index (χ0n) is 16.8. The van der Waals surface area contributed by atoms with Gasteiger partial charge in [-0.1, -0.05) is 22.9 Å². The van der Waals surface area contributed by atoms with Gasteiger partial charge in [0.2, 0.25) is 4.96 Å². The lowest BCUT2D eigenvalue weighted by Gasteiger charge is -2.36. The molecule has 1 fully saturated rings. The van der Waals surface area contributed by atoms with E-state index in [4.69, 9.17) is 16.3 Å². The zero-order chi connectivity index (χ0) is 21.5. The van der Waals surface area contributed by atoms with E-state index < -0.39 is 5.60 Å².